The molecule has 0 aliphatic heterocycles. The predicted molar refractivity (Wildman–Crippen MR) is 84.6 cm³/mol. The maximum absolute atomic E-state index is 12.1. The van der Waals surface area contributed by atoms with E-state index in [2.05, 4.69) is 5.32 Å². The highest BCUT2D eigenvalue weighted by Gasteiger charge is 2.14. The topological polar surface area (TPSA) is 125 Å². The molecule has 116 valence electrons. The van der Waals surface area contributed by atoms with Crippen molar-refractivity contribution in [2.45, 2.75) is 6.92 Å². The van der Waals surface area contributed by atoms with Gasteiger partial charge in [0.05, 0.1) is 10.7 Å². The van der Waals surface area contributed by atoms with E-state index >= 15 is 0 Å². The fraction of sp³-hybridized carbons (Fsp3) is 0.214. The van der Waals surface area contributed by atoms with Crippen LogP contribution in [0.15, 0.2) is 30.0 Å². The number of nitrogens with two attached hydrogens (primary N) is 2. The number of hydrogen-bond acceptors (Lipinski definition) is 5. The second-order valence-electron chi connectivity index (χ2n) is 4.35. The van der Waals surface area contributed by atoms with Gasteiger partial charge in [0.25, 0.3) is 5.91 Å². The second kappa shape index (κ2) is 8.02. The van der Waals surface area contributed by atoms with Crippen molar-refractivity contribution in [3.63, 3.8) is 0 Å². The van der Waals surface area contributed by atoms with Gasteiger partial charge in [-0.15, -0.1) is 0 Å². The third-order valence-corrected chi connectivity index (χ3v) is 2.98. The Labute approximate surface area is 133 Å². The molecule has 0 fully saturated rings. The number of nitrogens with one attached hydrogen (secondary N) is 1. The summed E-state index contributed by atoms with van der Waals surface area (Å²) in [5.41, 5.74) is 11.5. The molecule has 0 saturated heterocycles. The van der Waals surface area contributed by atoms with Crippen molar-refractivity contribution in [2.24, 2.45) is 5.73 Å². The van der Waals surface area contributed by atoms with Crippen molar-refractivity contribution in [2.75, 3.05) is 24.1 Å². The van der Waals surface area contributed by atoms with E-state index in [0.717, 1.165) is 6.20 Å². The fourth-order valence-corrected chi connectivity index (χ4v) is 1.80. The predicted octanol–water partition coefficient (Wildman–Crippen LogP) is 1.08. The lowest BCUT2D eigenvalue weighted by Gasteiger charge is -2.15. The zero-order valence-corrected chi connectivity index (χ0v) is 12.7. The summed E-state index contributed by atoms with van der Waals surface area (Å²) in [5, 5.41) is 11.8. The van der Waals surface area contributed by atoms with Gasteiger partial charge in [-0.1, -0.05) is 11.6 Å². The largest absolute Gasteiger partial charge is 0.399 e. The minimum absolute atomic E-state index is 0.205. The SMILES string of the molecule is CC(=O)N(/C=C(/C#N)C(=O)Nc1ccc(N)cc1Cl)CCN. The first-order valence-corrected chi connectivity index (χ1v) is 6.72. The molecule has 0 aliphatic carbocycles. The van der Waals surface area contributed by atoms with Crippen LogP contribution in [0, 0.1) is 11.3 Å². The van der Waals surface area contributed by atoms with Crippen molar-refractivity contribution in [3.05, 3.63) is 35.0 Å². The normalized spacial score (nSPS) is 10.7. The molecule has 0 unspecified atom stereocenters. The highest BCUT2D eigenvalue weighted by molar-refractivity contribution is 6.34. The van der Waals surface area contributed by atoms with Crippen molar-refractivity contribution in [1.82, 2.24) is 4.90 Å². The molecule has 7 nitrogen and oxygen atoms in total. The summed E-state index contributed by atoms with van der Waals surface area (Å²) in [6.07, 6.45) is 1.16. The monoisotopic (exact) mass is 321 g/mol. The van der Waals surface area contributed by atoms with Gasteiger partial charge in [0.15, 0.2) is 0 Å². The van der Waals surface area contributed by atoms with Crippen LogP contribution in [0.25, 0.3) is 0 Å². The molecule has 0 aromatic heterocycles. The summed E-state index contributed by atoms with van der Waals surface area (Å²) >= 11 is 5.95. The highest BCUT2D eigenvalue weighted by atomic mass is 35.5. The van der Waals surface area contributed by atoms with Gasteiger partial charge in [0, 0.05) is 31.9 Å². The number of nitriles is 1. The Morgan fingerprint density at radius 3 is 2.68 bits per heavy atom. The number of halogens is 1. The third kappa shape index (κ3) is 4.77. The average Bonchev–Trinajstić information content (AvgIpc) is 2.46. The van der Waals surface area contributed by atoms with E-state index in [4.69, 9.17) is 28.3 Å². The Morgan fingerprint density at radius 2 is 2.18 bits per heavy atom. The van der Waals surface area contributed by atoms with E-state index in [0.29, 0.717) is 11.4 Å². The molecule has 1 rings (SSSR count). The highest BCUT2D eigenvalue weighted by Crippen LogP contribution is 2.24. The Kier molecular flexibility index (Phi) is 6.38. The van der Waals surface area contributed by atoms with Crippen LogP contribution in [0.3, 0.4) is 0 Å². The van der Waals surface area contributed by atoms with Crippen molar-refractivity contribution < 1.29 is 9.59 Å². The van der Waals surface area contributed by atoms with Crippen molar-refractivity contribution >= 4 is 34.8 Å². The second-order valence-corrected chi connectivity index (χ2v) is 4.76. The molecule has 0 atom stereocenters. The summed E-state index contributed by atoms with van der Waals surface area (Å²) in [5.74, 6) is -1.01. The van der Waals surface area contributed by atoms with Gasteiger partial charge in [-0.2, -0.15) is 5.26 Å². The van der Waals surface area contributed by atoms with Crippen LogP contribution in [0.2, 0.25) is 5.02 Å². The molecule has 5 N–H and O–H groups in total. The van der Waals surface area contributed by atoms with Crippen LogP contribution >= 0.6 is 11.6 Å². The zero-order valence-electron chi connectivity index (χ0n) is 12.0. The van der Waals surface area contributed by atoms with Gasteiger partial charge in [0.1, 0.15) is 11.6 Å². The first-order chi connectivity index (χ1) is 10.4. The molecule has 1 aromatic carbocycles. The van der Waals surface area contributed by atoms with E-state index < -0.39 is 5.91 Å². The molecule has 0 radical (unpaired) electrons. The van der Waals surface area contributed by atoms with Crippen LogP contribution in [0.5, 0.6) is 0 Å². The minimum Gasteiger partial charge on any atom is -0.399 e. The van der Waals surface area contributed by atoms with E-state index in [-0.39, 0.29) is 29.6 Å². The van der Waals surface area contributed by atoms with Crippen LogP contribution < -0.4 is 16.8 Å². The summed E-state index contributed by atoms with van der Waals surface area (Å²) in [6, 6.07) is 6.30. The Balaban J connectivity index is 2.97. The number of carbonyl (C=O) groups is 2. The van der Waals surface area contributed by atoms with Crippen molar-refractivity contribution in [3.8, 4) is 6.07 Å². The Morgan fingerprint density at radius 1 is 1.50 bits per heavy atom. The Hall–Kier alpha value is -2.56. The summed E-state index contributed by atoms with van der Waals surface area (Å²) in [4.78, 5) is 24.7. The van der Waals surface area contributed by atoms with Gasteiger partial charge in [-0.25, -0.2) is 0 Å². The lowest BCUT2D eigenvalue weighted by atomic mass is 10.2. The molecular formula is C14H16ClN5O2. The molecule has 0 spiro atoms. The van der Waals surface area contributed by atoms with Crippen molar-refractivity contribution in [1.29, 1.82) is 5.26 Å². The summed E-state index contributed by atoms with van der Waals surface area (Å²) in [7, 11) is 0. The minimum atomic E-state index is -0.683. The lowest BCUT2D eigenvalue weighted by Crippen LogP contribution is -2.30. The first-order valence-electron chi connectivity index (χ1n) is 6.34. The molecule has 2 amide bonds. The van der Waals surface area contributed by atoms with Crippen LogP contribution in [-0.4, -0.2) is 29.8 Å². The summed E-state index contributed by atoms with van der Waals surface area (Å²) < 4.78 is 0. The molecule has 0 heterocycles. The molecular weight excluding hydrogens is 306 g/mol. The third-order valence-electron chi connectivity index (χ3n) is 2.67. The van der Waals surface area contributed by atoms with E-state index in [9.17, 15) is 9.59 Å². The number of nitrogen functional groups attached to an aromatic ring is 1. The van der Waals surface area contributed by atoms with Gasteiger partial charge >= 0.3 is 0 Å². The van der Waals surface area contributed by atoms with Gasteiger partial charge in [-0.3, -0.25) is 9.59 Å². The zero-order chi connectivity index (χ0) is 16.7. The molecule has 22 heavy (non-hydrogen) atoms. The maximum Gasteiger partial charge on any atom is 0.267 e. The number of nitrogens with zero attached hydrogens (tertiary/aromatic N) is 2. The van der Waals surface area contributed by atoms with Crippen LogP contribution in [0.1, 0.15) is 6.92 Å². The van der Waals surface area contributed by atoms with Crippen LogP contribution in [-0.2, 0) is 9.59 Å². The molecule has 1 aromatic rings. The number of hydrogen-bond donors (Lipinski definition) is 3. The Bertz CT molecular complexity index is 651. The van der Waals surface area contributed by atoms with E-state index in [1.54, 1.807) is 12.1 Å². The molecule has 0 bridgehead atoms. The van der Waals surface area contributed by atoms with Gasteiger partial charge in [-0.05, 0) is 18.2 Å². The molecule has 0 saturated carbocycles. The first kappa shape index (κ1) is 17.5. The summed E-state index contributed by atoms with van der Waals surface area (Å²) in [6.45, 7) is 1.73. The van der Waals surface area contributed by atoms with Gasteiger partial charge in [0.2, 0.25) is 5.91 Å². The lowest BCUT2D eigenvalue weighted by molar-refractivity contribution is -0.126. The standard InChI is InChI=1S/C14H16ClN5O2/c1-9(21)20(5-4-16)8-10(7-17)14(22)19-13-3-2-11(18)6-12(13)15/h2-3,6,8H,4-5,16,18H2,1H3,(H,19,22)/b10-8-. The number of carbonyl (C=O) groups excluding carboxylic acids is 2. The average molecular weight is 322 g/mol. The van der Waals surface area contributed by atoms with Gasteiger partial charge < -0.3 is 21.7 Å². The molecule has 8 heteroatoms. The van der Waals surface area contributed by atoms with Crippen LogP contribution in [0.4, 0.5) is 11.4 Å². The quantitative estimate of drug-likeness (QED) is 0.425. The van der Waals surface area contributed by atoms with E-state index in [1.165, 1.54) is 24.0 Å². The van der Waals surface area contributed by atoms with E-state index in [1.807, 2.05) is 0 Å². The fourth-order valence-electron chi connectivity index (χ4n) is 1.57. The number of anilines is 2. The number of benzene rings is 1. The molecule has 0 aliphatic rings. The number of amides is 2. The smallest absolute Gasteiger partial charge is 0.267 e. The maximum atomic E-state index is 12.1. The number of rotatable bonds is 5.